The molecule has 1 fully saturated rings. The number of ether oxygens (including phenoxy) is 2. The molecular weight excluding hydrogens is 569 g/mol. The molecule has 0 spiro atoms. The topological polar surface area (TPSA) is 114 Å². The number of carbonyl (C=O) groups is 1. The van der Waals surface area contributed by atoms with Crippen LogP contribution in [0.2, 0.25) is 0 Å². The van der Waals surface area contributed by atoms with Gasteiger partial charge in [0.2, 0.25) is 5.91 Å². The Kier molecular flexibility index (Phi) is 8.09. The van der Waals surface area contributed by atoms with Gasteiger partial charge in [0.25, 0.3) is 0 Å². The van der Waals surface area contributed by atoms with E-state index in [0.29, 0.717) is 52.8 Å². The number of piperidine rings is 1. The molecule has 2 aromatic carbocycles. The molecule has 0 bridgehead atoms. The van der Waals surface area contributed by atoms with Gasteiger partial charge in [-0.25, -0.2) is 19.3 Å². The molecule has 1 saturated heterocycles. The molecule has 3 aromatic heterocycles. The predicted octanol–water partition coefficient (Wildman–Crippen LogP) is 6.42. The summed E-state index contributed by atoms with van der Waals surface area (Å²) in [6.07, 6.45) is 5.95. The highest BCUT2D eigenvalue weighted by Gasteiger charge is 2.23. The van der Waals surface area contributed by atoms with Gasteiger partial charge >= 0.3 is 0 Å². The molecule has 0 saturated carbocycles. The van der Waals surface area contributed by atoms with Crippen LogP contribution in [0.1, 0.15) is 12.8 Å². The van der Waals surface area contributed by atoms with Gasteiger partial charge in [-0.3, -0.25) is 9.78 Å². The number of benzene rings is 2. The molecule has 0 radical (unpaired) electrons. The summed E-state index contributed by atoms with van der Waals surface area (Å²) in [5.41, 5.74) is 4.79. The lowest BCUT2D eigenvalue weighted by atomic mass is 10.0. The fourth-order valence-electron chi connectivity index (χ4n) is 4.94. The van der Waals surface area contributed by atoms with Crippen LogP contribution in [0.4, 0.5) is 21.6 Å². The number of likely N-dealkylation sites (tertiary alicyclic amines) is 1. The number of anilines is 3. The van der Waals surface area contributed by atoms with Gasteiger partial charge in [0.15, 0.2) is 0 Å². The standard InChI is InChI=1S/C31H28FN7O3S/c1-3-30(40)39-10-7-19(8-11-39)37-27-14-22-25(15-29(27)41-2)34-17-35-31(22)38-24-5-4-20(12-23(24)32)42-21-6-9-33-26(13-21)28-16-43-18-36-28/h3-6,9,12-19,37H,1,7-8,10-11H2,2H3,(H,34,35,38). The second kappa shape index (κ2) is 12.4. The Morgan fingerprint density at radius 3 is 2.63 bits per heavy atom. The van der Waals surface area contributed by atoms with Gasteiger partial charge in [-0.05, 0) is 43.2 Å². The summed E-state index contributed by atoms with van der Waals surface area (Å²) in [7, 11) is 1.60. The Morgan fingerprint density at radius 1 is 1.05 bits per heavy atom. The zero-order chi connectivity index (χ0) is 29.8. The van der Waals surface area contributed by atoms with Crippen LogP contribution in [0.25, 0.3) is 22.3 Å². The molecule has 12 heteroatoms. The molecule has 6 rings (SSSR count). The van der Waals surface area contributed by atoms with Crippen LogP contribution in [-0.4, -0.2) is 57.0 Å². The van der Waals surface area contributed by atoms with Crippen LogP contribution in [0.15, 0.2) is 78.5 Å². The molecule has 4 heterocycles. The average Bonchev–Trinajstić information content (AvgIpc) is 3.58. The number of nitrogens with zero attached hydrogens (tertiary/aromatic N) is 5. The molecule has 43 heavy (non-hydrogen) atoms. The van der Waals surface area contributed by atoms with Gasteiger partial charge in [0, 0.05) is 54.3 Å². The van der Waals surface area contributed by atoms with E-state index in [9.17, 15) is 4.79 Å². The zero-order valence-corrected chi connectivity index (χ0v) is 24.1. The Morgan fingerprint density at radius 2 is 1.88 bits per heavy atom. The van der Waals surface area contributed by atoms with Crippen molar-refractivity contribution < 1.29 is 18.7 Å². The third-order valence-corrected chi connectivity index (χ3v) is 7.74. The molecule has 2 N–H and O–H groups in total. The summed E-state index contributed by atoms with van der Waals surface area (Å²) in [6.45, 7) is 4.86. The van der Waals surface area contributed by atoms with E-state index < -0.39 is 5.82 Å². The Labute approximate surface area is 251 Å². The summed E-state index contributed by atoms with van der Waals surface area (Å²) in [6, 6.07) is 11.9. The first-order chi connectivity index (χ1) is 21.0. The van der Waals surface area contributed by atoms with Crippen LogP contribution in [-0.2, 0) is 4.79 Å². The molecule has 1 aliphatic heterocycles. The van der Waals surface area contributed by atoms with E-state index in [1.54, 1.807) is 48.0 Å². The number of nitrogens with one attached hydrogen (secondary N) is 2. The van der Waals surface area contributed by atoms with Gasteiger partial charge in [-0.2, -0.15) is 0 Å². The lowest BCUT2D eigenvalue weighted by molar-refractivity contribution is -0.126. The molecule has 1 amide bonds. The average molecular weight is 598 g/mol. The van der Waals surface area contributed by atoms with Crippen LogP contribution < -0.4 is 20.1 Å². The van der Waals surface area contributed by atoms with E-state index in [2.05, 4.69) is 37.1 Å². The fraction of sp³-hybridized carbons (Fsp3) is 0.194. The predicted molar refractivity (Wildman–Crippen MR) is 165 cm³/mol. The number of thiazole rings is 1. The normalized spacial score (nSPS) is 13.5. The summed E-state index contributed by atoms with van der Waals surface area (Å²) in [5, 5.41) is 9.24. The summed E-state index contributed by atoms with van der Waals surface area (Å²) >= 11 is 1.48. The number of rotatable bonds is 9. The van der Waals surface area contributed by atoms with Gasteiger partial charge in [-0.1, -0.05) is 6.58 Å². The van der Waals surface area contributed by atoms with Gasteiger partial charge in [0.1, 0.15) is 35.2 Å². The number of hydrogen-bond donors (Lipinski definition) is 2. The summed E-state index contributed by atoms with van der Waals surface area (Å²) in [4.78, 5) is 31.1. The lowest BCUT2D eigenvalue weighted by Gasteiger charge is -2.32. The Hall–Kier alpha value is -5.10. The van der Waals surface area contributed by atoms with Crippen molar-refractivity contribution in [3.63, 3.8) is 0 Å². The number of methoxy groups -OCH3 is 1. The number of carbonyl (C=O) groups excluding carboxylic acids is 1. The van der Waals surface area contributed by atoms with Crippen molar-refractivity contribution in [1.82, 2.24) is 24.8 Å². The number of pyridine rings is 1. The van der Waals surface area contributed by atoms with Crippen molar-refractivity contribution in [1.29, 1.82) is 0 Å². The van der Waals surface area contributed by atoms with Crippen LogP contribution >= 0.6 is 11.3 Å². The van der Waals surface area contributed by atoms with Crippen molar-refractivity contribution in [2.75, 3.05) is 30.8 Å². The maximum absolute atomic E-state index is 15.3. The van der Waals surface area contributed by atoms with E-state index in [1.165, 1.54) is 29.8 Å². The molecule has 10 nitrogen and oxygen atoms in total. The van der Waals surface area contributed by atoms with Gasteiger partial charge < -0.3 is 25.0 Å². The quantitative estimate of drug-likeness (QED) is 0.186. The summed E-state index contributed by atoms with van der Waals surface area (Å²) < 4.78 is 26.8. The highest BCUT2D eigenvalue weighted by molar-refractivity contribution is 7.07. The SMILES string of the molecule is C=CC(=O)N1CCC(Nc2cc3c(Nc4ccc(Oc5ccnc(-c6cscn6)c5)cc4F)ncnc3cc2OC)CC1. The van der Waals surface area contributed by atoms with E-state index in [0.717, 1.165) is 24.2 Å². The largest absolute Gasteiger partial charge is 0.495 e. The molecular formula is C31H28FN7O3S. The summed E-state index contributed by atoms with van der Waals surface area (Å²) in [5.74, 6) is 1.36. The fourth-order valence-corrected chi connectivity index (χ4v) is 5.48. The number of amides is 1. The van der Waals surface area contributed by atoms with Crippen molar-refractivity contribution in [2.45, 2.75) is 18.9 Å². The lowest BCUT2D eigenvalue weighted by Crippen LogP contribution is -2.41. The second-order valence-corrected chi connectivity index (χ2v) is 10.6. The molecule has 0 unspecified atom stereocenters. The maximum Gasteiger partial charge on any atom is 0.245 e. The third kappa shape index (κ3) is 6.24. The Bertz CT molecular complexity index is 1780. The van der Waals surface area contributed by atoms with Crippen molar-refractivity contribution in [3.05, 3.63) is 84.4 Å². The van der Waals surface area contributed by atoms with Crippen molar-refractivity contribution in [3.8, 4) is 28.6 Å². The van der Waals surface area contributed by atoms with Crippen molar-refractivity contribution >= 4 is 45.3 Å². The first kappa shape index (κ1) is 28.0. The third-order valence-electron chi connectivity index (χ3n) is 7.15. The molecule has 0 atom stereocenters. The van der Waals surface area contributed by atoms with E-state index in [1.807, 2.05) is 17.5 Å². The molecule has 1 aliphatic rings. The highest BCUT2D eigenvalue weighted by Crippen LogP contribution is 2.35. The van der Waals surface area contributed by atoms with Crippen LogP contribution in [0.5, 0.6) is 17.2 Å². The first-order valence-corrected chi connectivity index (χ1v) is 14.5. The maximum atomic E-state index is 15.3. The smallest absolute Gasteiger partial charge is 0.245 e. The van der Waals surface area contributed by atoms with Gasteiger partial charge in [0.05, 0.1) is 40.9 Å². The van der Waals surface area contributed by atoms with E-state index in [-0.39, 0.29) is 17.6 Å². The minimum absolute atomic E-state index is 0.0559. The van der Waals surface area contributed by atoms with E-state index >= 15 is 4.39 Å². The van der Waals surface area contributed by atoms with Crippen LogP contribution in [0, 0.1) is 5.82 Å². The molecule has 0 aliphatic carbocycles. The monoisotopic (exact) mass is 597 g/mol. The number of aromatic nitrogens is 4. The zero-order valence-electron chi connectivity index (χ0n) is 23.3. The first-order valence-electron chi connectivity index (χ1n) is 13.6. The van der Waals surface area contributed by atoms with Gasteiger partial charge in [-0.15, -0.1) is 11.3 Å². The molecule has 218 valence electrons. The number of halogens is 1. The molecule has 5 aromatic rings. The Balaban J connectivity index is 1.20. The van der Waals surface area contributed by atoms with E-state index in [4.69, 9.17) is 9.47 Å². The number of hydrogen-bond acceptors (Lipinski definition) is 10. The minimum atomic E-state index is -0.509. The minimum Gasteiger partial charge on any atom is -0.495 e. The highest BCUT2D eigenvalue weighted by atomic mass is 32.1. The van der Waals surface area contributed by atoms with Crippen molar-refractivity contribution in [2.24, 2.45) is 0 Å². The number of fused-ring (bicyclic) bond motifs is 1. The second-order valence-electron chi connectivity index (χ2n) is 9.86. The van der Waals surface area contributed by atoms with Crippen LogP contribution in [0.3, 0.4) is 0 Å².